The molecule has 1 aliphatic heterocycles. The van der Waals surface area contributed by atoms with E-state index < -0.39 is 16.7 Å². The number of anilines is 1. The van der Waals surface area contributed by atoms with Gasteiger partial charge in [-0.1, -0.05) is 16.8 Å². The van der Waals surface area contributed by atoms with Crippen LogP contribution in [0.4, 0.5) is 14.5 Å². The fraction of sp³-hybridized carbons (Fsp3) is 0.350. The van der Waals surface area contributed by atoms with Gasteiger partial charge in [0, 0.05) is 25.8 Å². The molecule has 4 aromatic rings. The molecular formula is C20H18ClF2N7O2. The molecule has 3 aromatic heterocycles. The first kappa shape index (κ1) is 20.6. The van der Waals surface area contributed by atoms with E-state index in [0.717, 1.165) is 24.9 Å². The lowest BCUT2D eigenvalue weighted by Gasteiger charge is -2.20. The maximum absolute atomic E-state index is 13.2. The average Bonchev–Trinajstić information content (AvgIpc) is 3.16. The zero-order chi connectivity index (χ0) is 22.4. The van der Waals surface area contributed by atoms with Crippen molar-refractivity contribution >= 4 is 28.5 Å². The summed E-state index contributed by atoms with van der Waals surface area (Å²) in [6, 6.07) is 2.63. The van der Waals surface area contributed by atoms with Crippen molar-refractivity contribution in [2.24, 2.45) is 18.9 Å². The summed E-state index contributed by atoms with van der Waals surface area (Å²) in [5.41, 5.74) is 1.31. The second kappa shape index (κ2) is 7.97. The SMILES string of the molecule is Cn1cnc2ncn(Cc3ncno3)c(=O)c21.Fc1cc(N2CC3CC3C2)cc(F)c1Cl. The van der Waals surface area contributed by atoms with Gasteiger partial charge in [0.25, 0.3) is 5.56 Å². The Morgan fingerprint density at radius 3 is 2.47 bits per heavy atom. The highest BCUT2D eigenvalue weighted by Crippen LogP contribution is 2.46. The fourth-order valence-corrected chi connectivity index (χ4v) is 4.04. The number of hydrogen-bond acceptors (Lipinski definition) is 7. The lowest BCUT2D eigenvalue weighted by Crippen LogP contribution is -2.22. The first-order valence-electron chi connectivity index (χ1n) is 9.92. The number of aryl methyl sites for hydroxylation is 1. The topological polar surface area (TPSA) is 94.9 Å². The van der Waals surface area contributed by atoms with E-state index in [-0.39, 0.29) is 12.1 Å². The molecule has 32 heavy (non-hydrogen) atoms. The molecule has 1 saturated carbocycles. The van der Waals surface area contributed by atoms with Crippen molar-refractivity contribution in [1.82, 2.24) is 29.2 Å². The first-order chi connectivity index (χ1) is 15.4. The van der Waals surface area contributed by atoms with Gasteiger partial charge in [-0.2, -0.15) is 4.98 Å². The Hall–Kier alpha value is -3.34. The summed E-state index contributed by atoms with van der Waals surface area (Å²) in [6.45, 7) is 2.04. The predicted octanol–water partition coefficient (Wildman–Crippen LogP) is 2.64. The van der Waals surface area contributed by atoms with Crippen molar-refractivity contribution in [2.45, 2.75) is 13.0 Å². The molecule has 0 amide bonds. The number of fused-ring (bicyclic) bond motifs is 2. The molecule has 0 spiro atoms. The van der Waals surface area contributed by atoms with E-state index in [9.17, 15) is 13.6 Å². The van der Waals surface area contributed by atoms with E-state index >= 15 is 0 Å². The summed E-state index contributed by atoms with van der Waals surface area (Å²) in [5.74, 6) is 0.494. The number of benzene rings is 1. The standard InChI is InChI=1S/C11H10ClF2N.C9H8N6O2/c12-11-9(13)2-8(3-10(11)14)15-4-6-1-7(6)5-15;1-14-4-11-8-7(14)9(16)15(5-12-8)2-6-10-3-13-17-6/h2-3,6-7H,1,4-5H2;3-5H,2H2,1H3. The number of aromatic nitrogens is 6. The number of imidazole rings is 1. The number of nitrogens with zero attached hydrogens (tertiary/aromatic N) is 7. The van der Waals surface area contributed by atoms with E-state index in [4.69, 9.17) is 16.1 Å². The van der Waals surface area contributed by atoms with Crippen LogP contribution in [0.2, 0.25) is 5.02 Å². The molecular weight excluding hydrogens is 444 g/mol. The highest BCUT2D eigenvalue weighted by molar-refractivity contribution is 6.30. The van der Waals surface area contributed by atoms with Gasteiger partial charge in [-0.15, -0.1) is 0 Å². The van der Waals surface area contributed by atoms with Crippen LogP contribution in [0.3, 0.4) is 0 Å². The highest BCUT2D eigenvalue weighted by Gasteiger charge is 2.45. The van der Waals surface area contributed by atoms with E-state index in [0.29, 0.717) is 22.7 Å². The van der Waals surface area contributed by atoms with E-state index in [1.807, 2.05) is 4.90 Å². The minimum Gasteiger partial charge on any atom is -0.371 e. The first-order valence-corrected chi connectivity index (χ1v) is 10.3. The molecule has 166 valence electrons. The minimum atomic E-state index is -0.674. The summed E-state index contributed by atoms with van der Waals surface area (Å²) in [7, 11) is 1.75. The van der Waals surface area contributed by atoms with Crippen molar-refractivity contribution in [3.8, 4) is 0 Å². The summed E-state index contributed by atoms with van der Waals surface area (Å²) < 4.78 is 34.3. The summed E-state index contributed by atoms with van der Waals surface area (Å²) >= 11 is 5.43. The van der Waals surface area contributed by atoms with Gasteiger partial charge in [-0.25, -0.2) is 18.7 Å². The van der Waals surface area contributed by atoms with Crippen LogP contribution >= 0.6 is 11.6 Å². The van der Waals surface area contributed by atoms with E-state index in [1.54, 1.807) is 17.9 Å². The molecule has 1 saturated heterocycles. The molecule has 4 heterocycles. The normalized spacial score (nSPS) is 19.1. The van der Waals surface area contributed by atoms with Gasteiger partial charge in [0.05, 0.1) is 6.33 Å². The third kappa shape index (κ3) is 3.83. The highest BCUT2D eigenvalue weighted by atomic mass is 35.5. The van der Waals surface area contributed by atoms with Crippen LogP contribution in [0.5, 0.6) is 0 Å². The van der Waals surface area contributed by atoms with Crippen LogP contribution in [0.1, 0.15) is 12.3 Å². The second-order valence-electron chi connectivity index (χ2n) is 7.92. The molecule has 2 unspecified atom stereocenters. The van der Waals surface area contributed by atoms with Crippen molar-refractivity contribution in [3.05, 3.63) is 64.0 Å². The third-order valence-electron chi connectivity index (χ3n) is 5.73. The van der Waals surface area contributed by atoms with Gasteiger partial charge < -0.3 is 14.0 Å². The molecule has 2 atom stereocenters. The molecule has 1 aromatic carbocycles. The smallest absolute Gasteiger partial charge is 0.280 e. The van der Waals surface area contributed by atoms with Crippen LogP contribution in [0.25, 0.3) is 11.2 Å². The molecule has 0 bridgehead atoms. The van der Waals surface area contributed by atoms with Crippen molar-refractivity contribution in [2.75, 3.05) is 18.0 Å². The van der Waals surface area contributed by atoms with Gasteiger partial charge in [0.2, 0.25) is 5.89 Å². The number of rotatable bonds is 3. The molecule has 2 fully saturated rings. The molecule has 2 aliphatic rings. The Bertz CT molecular complexity index is 1300. The van der Waals surface area contributed by atoms with Gasteiger partial charge in [0.15, 0.2) is 17.5 Å². The van der Waals surface area contributed by atoms with E-state index in [1.165, 1.54) is 35.8 Å². The average molecular weight is 462 g/mol. The Kier molecular flexibility index (Phi) is 5.12. The molecule has 9 nitrogen and oxygen atoms in total. The largest absolute Gasteiger partial charge is 0.371 e. The second-order valence-corrected chi connectivity index (χ2v) is 8.30. The zero-order valence-electron chi connectivity index (χ0n) is 17.0. The molecule has 12 heteroatoms. The number of halogens is 3. The van der Waals surface area contributed by atoms with Crippen molar-refractivity contribution in [3.63, 3.8) is 0 Å². The Labute approximate surface area is 185 Å². The summed E-state index contributed by atoms with van der Waals surface area (Å²) in [5, 5.41) is 3.06. The van der Waals surface area contributed by atoms with Gasteiger partial charge in [0.1, 0.15) is 29.5 Å². The third-order valence-corrected chi connectivity index (χ3v) is 6.09. The zero-order valence-corrected chi connectivity index (χ0v) is 17.7. The number of hydrogen-bond donors (Lipinski definition) is 0. The minimum absolute atomic E-state index is 0.187. The van der Waals surface area contributed by atoms with Crippen LogP contribution in [0.15, 0.2) is 40.4 Å². The maximum atomic E-state index is 13.2. The van der Waals surface area contributed by atoms with Gasteiger partial charge >= 0.3 is 0 Å². The lowest BCUT2D eigenvalue weighted by molar-refractivity contribution is 0.368. The number of piperidine rings is 1. The van der Waals surface area contributed by atoms with Crippen LogP contribution in [-0.4, -0.2) is 42.3 Å². The summed E-state index contributed by atoms with van der Waals surface area (Å²) in [4.78, 5) is 26.1. The van der Waals surface area contributed by atoms with Crippen LogP contribution < -0.4 is 10.5 Å². The fourth-order valence-electron chi connectivity index (χ4n) is 3.93. The van der Waals surface area contributed by atoms with Crippen LogP contribution in [-0.2, 0) is 13.6 Å². The van der Waals surface area contributed by atoms with Crippen molar-refractivity contribution < 1.29 is 13.3 Å². The Morgan fingerprint density at radius 1 is 1.12 bits per heavy atom. The lowest BCUT2D eigenvalue weighted by atomic mass is 10.2. The molecule has 0 radical (unpaired) electrons. The maximum Gasteiger partial charge on any atom is 0.280 e. The summed E-state index contributed by atoms with van der Waals surface area (Å²) in [6.07, 6.45) is 5.53. The molecule has 1 aliphatic carbocycles. The van der Waals surface area contributed by atoms with E-state index in [2.05, 4.69) is 20.1 Å². The molecule has 6 rings (SSSR count). The molecule has 0 N–H and O–H groups in total. The van der Waals surface area contributed by atoms with Crippen LogP contribution in [0, 0.1) is 23.5 Å². The van der Waals surface area contributed by atoms with Gasteiger partial charge in [-0.05, 0) is 30.4 Å². The predicted molar refractivity (Wildman–Crippen MR) is 111 cm³/mol. The Balaban J connectivity index is 0.000000136. The monoisotopic (exact) mass is 461 g/mol. The van der Waals surface area contributed by atoms with Gasteiger partial charge in [-0.3, -0.25) is 9.36 Å². The van der Waals surface area contributed by atoms with Crippen molar-refractivity contribution in [1.29, 1.82) is 0 Å². The Morgan fingerprint density at radius 2 is 1.81 bits per heavy atom. The quantitative estimate of drug-likeness (QED) is 0.433.